The van der Waals surface area contributed by atoms with Crippen LogP contribution in [0.5, 0.6) is 5.75 Å². The van der Waals surface area contributed by atoms with E-state index in [1.807, 2.05) is 0 Å². The summed E-state index contributed by atoms with van der Waals surface area (Å²) in [5, 5.41) is 2.19. The second-order valence-corrected chi connectivity index (χ2v) is 8.20. The summed E-state index contributed by atoms with van der Waals surface area (Å²) in [6.07, 6.45) is -1.44. The fourth-order valence-electron chi connectivity index (χ4n) is 1.92. The number of amides is 1. The molecule has 164 valence electrons. The van der Waals surface area contributed by atoms with Gasteiger partial charge in [-0.25, -0.2) is 14.0 Å². The second kappa shape index (κ2) is 8.84. The van der Waals surface area contributed by atoms with Gasteiger partial charge >= 0.3 is 27.7 Å². The normalized spacial score (nSPS) is 13.4. The molecular weight excluding hydrogens is 426 g/mol. The topological polar surface area (TPSA) is 108 Å². The molecule has 13 heteroatoms. The highest BCUT2D eigenvalue weighted by Gasteiger charge is 2.48. The van der Waals surface area contributed by atoms with Crippen molar-refractivity contribution in [3.63, 3.8) is 0 Å². The highest BCUT2D eigenvalue weighted by atomic mass is 32.2. The Balaban J connectivity index is 3.01. The van der Waals surface area contributed by atoms with E-state index < -0.39 is 57.3 Å². The van der Waals surface area contributed by atoms with Gasteiger partial charge in [0.1, 0.15) is 23.2 Å². The third-order valence-corrected chi connectivity index (χ3v) is 4.09. The molecule has 0 spiro atoms. The van der Waals surface area contributed by atoms with Gasteiger partial charge in [0.2, 0.25) is 0 Å². The number of halogens is 4. The van der Waals surface area contributed by atoms with Gasteiger partial charge in [0.05, 0.1) is 7.11 Å². The Bertz CT molecular complexity index is 863. The molecular formula is C16H19F4NO7S. The van der Waals surface area contributed by atoms with Gasteiger partial charge in [-0.05, 0) is 32.4 Å². The average Bonchev–Trinajstić information content (AvgIpc) is 2.52. The van der Waals surface area contributed by atoms with E-state index in [1.165, 1.54) is 0 Å². The van der Waals surface area contributed by atoms with Crippen LogP contribution in [0.2, 0.25) is 0 Å². The van der Waals surface area contributed by atoms with Crippen LogP contribution < -0.4 is 9.50 Å². The maximum Gasteiger partial charge on any atom is 0.534 e. The molecule has 1 aromatic carbocycles. The highest BCUT2D eigenvalue weighted by molar-refractivity contribution is 7.88. The van der Waals surface area contributed by atoms with Crippen LogP contribution in [0.1, 0.15) is 26.3 Å². The van der Waals surface area contributed by atoms with E-state index >= 15 is 0 Å². The van der Waals surface area contributed by atoms with E-state index in [4.69, 9.17) is 4.74 Å². The summed E-state index contributed by atoms with van der Waals surface area (Å²) in [6.45, 7) is 4.73. The van der Waals surface area contributed by atoms with E-state index in [2.05, 4.69) is 14.2 Å². The first-order chi connectivity index (χ1) is 13.1. The molecule has 0 saturated heterocycles. The van der Waals surface area contributed by atoms with Crippen LogP contribution in [0.25, 0.3) is 0 Å². The molecule has 0 heterocycles. The average molecular weight is 445 g/mol. The largest absolute Gasteiger partial charge is 0.534 e. The second-order valence-electron chi connectivity index (χ2n) is 6.66. The van der Waals surface area contributed by atoms with Crippen molar-refractivity contribution < 1.29 is 49.2 Å². The smallest absolute Gasteiger partial charge is 0.467 e. The Hall–Kier alpha value is -2.57. The quantitative estimate of drug-likeness (QED) is 0.310. The summed E-state index contributed by atoms with van der Waals surface area (Å²) >= 11 is 0. The first-order valence-corrected chi connectivity index (χ1v) is 9.33. The molecule has 0 aliphatic heterocycles. The summed E-state index contributed by atoms with van der Waals surface area (Å²) < 4.78 is 86.5. The third kappa shape index (κ3) is 7.40. The molecule has 0 fully saturated rings. The SMILES string of the molecule is COC(=O)C(Cc1ccc(OS(=O)(=O)C(F)(F)F)cc1F)NC(=O)OC(C)(C)C. The van der Waals surface area contributed by atoms with Crippen molar-refractivity contribution in [1.29, 1.82) is 0 Å². The number of rotatable bonds is 6. The van der Waals surface area contributed by atoms with Crippen LogP contribution in [-0.4, -0.2) is 44.7 Å². The number of alkyl halides is 3. The maximum absolute atomic E-state index is 14.2. The summed E-state index contributed by atoms with van der Waals surface area (Å²) in [7, 11) is -4.94. The fourth-order valence-corrected chi connectivity index (χ4v) is 2.38. The third-order valence-electron chi connectivity index (χ3n) is 3.11. The fraction of sp³-hybridized carbons (Fsp3) is 0.500. The summed E-state index contributed by atoms with van der Waals surface area (Å²) in [4.78, 5) is 23.7. The highest BCUT2D eigenvalue weighted by Crippen LogP contribution is 2.28. The lowest BCUT2D eigenvalue weighted by Crippen LogP contribution is -2.45. The summed E-state index contributed by atoms with van der Waals surface area (Å²) in [5.41, 5.74) is -6.79. The van der Waals surface area contributed by atoms with Crippen LogP contribution in [0.15, 0.2) is 18.2 Å². The van der Waals surface area contributed by atoms with Crippen molar-refractivity contribution >= 4 is 22.2 Å². The minimum Gasteiger partial charge on any atom is -0.467 e. The van der Waals surface area contributed by atoms with E-state index in [0.717, 1.165) is 19.2 Å². The molecule has 1 rings (SSSR count). The molecule has 0 aliphatic rings. The Morgan fingerprint density at radius 1 is 1.17 bits per heavy atom. The Morgan fingerprint density at radius 2 is 1.76 bits per heavy atom. The minimum atomic E-state index is -5.97. The number of ether oxygens (including phenoxy) is 2. The predicted molar refractivity (Wildman–Crippen MR) is 90.9 cm³/mol. The van der Waals surface area contributed by atoms with Crippen molar-refractivity contribution in [1.82, 2.24) is 5.32 Å². The molecule has 0 aliphatic carbocycles. The van der Waals surface area contributed by atoms with Gasteiger partial charge in [-0.15, -0.1) is 0 Å². The van der Waals surface area contributed by atoms with Crippen LogP contribution in [0.4, 0.5) is 22.4 Å². The van der Waals surface area contributed by atoms with Gasteiger partial charge in [-0.3, -0.25) is 0 Å². The number of esters is 1. The predicted octanol–water partition coefficient (Wildman–Crippen LogP) is 2.66. The van der Waals surface area contributed by atoms with E-state index in [-0.39, 0.29) is 5.56 Å². The van der Waals surface area contributed by atoms with Crippen molar-refractivity contribution in [2.24, 2.45) is 0 Å². The van der Waals surface area contributed by atoms with Gasteiger partial charge in [0.25, 0.3) is 0 Å². The summed E-state index contributed by atoms with van der Waals surface area (Å²) in [6, 6.07) is 0.697. The molecule has 1 atom stereocenters. The Labute approximate surface area is 164 Å². The van der Waals surface area contributed by atoms with E-state index in [0.29, 0.717) is 6.07 Å². The molecule has 1 amide bonds. The van der Waals surface area contributed by atoms with Gasteiger partial charge in [0, 0.05) is 12.5 Å². The van der Waals surface area contributed by atoms with Crippen molar-refractivity contribution in [2.75, 3.05) is 7.11 Å². The lowest BCUT2D eigenvalue weighted by atomic mass is 10.1. The number of alkyl carbamates (subject to hydrolysis) is 1. The zero-order valence-electron chi connectivity index (χ0n) is 15.8. The van der Waals surface area contributed by atoms with Crippen LogP contribution >= 0.6 is 0 Å². The molecule has 0 saturated carbocycles. The first kappa shape index (κ1) is 24.5. The standard InChI is InChI=1S/C16H19F4NO7S/c1-15(2,3)27-14(23)21-12(13(22)26-4)7-9-5-6-10(8-11(9)17)28-29(24,25)16(18,19)20/h5-6,8,12H,7H2,1-4H3,(H,21,23). The molecule has 29 heavy (non-hydrogen) atoms. The lowest BCUT2D eigenvalue weighted by molar-refractivity contribution is -0.143. The van der Waals surface area contributed by atoms with Crippen LogP contribution in [0, 0.1) is 5.82 Å². The molecule has 1 N–H and O–H groups in total. The number of nitrogens with one attached hydrogen (secondary N) is 1. The molecule has 0 bridgehead atoms. The zero-order chi connectivity index (χ0) is 22.6. The molecule has 0 radical (unpaired) electrons. The monoisotopic (exact) mass is 445 g/mol. The summed E-state index contributed by atoms with van der Waals surface area (Å²) in [5.74, 6) is -3.02. The number of hydrogen-bond donors (Lipinski definition) is 1. The molecule has 1 aromatic rings. The Kier molecular flexibility index (Phi) is 7.46. The zero-order valence-corrected chi connectivity index (χ0v) is 16.6. The lowest BCUT2D eigenvalue weighted by Gasteiger charge is -2.22. The van der Waals surface area contributed by atoms with Crippen LogP contribution in [0.3, 0.4) is 0 Å². The van der Waals surface area contributed by atoms with Gasteiger partial charge in [0.15, 0.2) is 0 Å². The number of benzene rings is 1. The van der Waals surface area contributed by atoms with Crippen molar-refractivity contribution in [3.8, 4) is 5.75 Å². The van der Waals surface area contributed by atoms with Gasteiger partial charge in [-0.1, -0.05) is 6.07 Å². The molecule has 0 aromatic heterocycles. The number of hydrogen-bond acceptors (Lipinski definition) is 7. The minimum absolute atomic E-state index is 0.229. The van der Waals surface area contributed by atoms with Crippen LogP contribution in [-0.2, 0) is 30.8 Å². The van der Waals surface area contributed by atoms with Gasteiger partial charge in [-0.2, -0.15) is 21.6 Å². The number of carbonyl (C=O) groups is 2. The first-order valence-electron chi connectivity index (χ1n) is 7.92. The molecule has 1 unspecified atom stereocenters. The van der Waals surface area contributed by atoms with Crippen molar-refractivity contribution in [3.05, 3.63) is 29.6 Å². The molecule has 8 nitrogen and oxygen atoms in total. The van der Waals surface area contributed by atoms with Gasteiger partial charge < -0.3 is 19.0 Å². The van der Waals surface area contributed by atoms with E-state index in [1.54, 1.807) is 20.8 Å². The van der Waals surface area contributed by atoms with E-state index in [9.17, 15) is 35.6 Å². The number of methoxy groups -OCH3 is 1. The number of carbonyl (C=O) groups excluding carboxylic acids is 2. The maximum atomic E-state index is 14.2. The van der Waals surface area contributed by atoms with Crippen molar-refractivity contribution in [2.45, 2.75) is 44.3 Å². The Morgan fingerprint density at radius 3 is 2.21 bits per heavy atom.